The molecule has 3 unspecified atom stereocenters. The van der Waals surface area contributed by atoms with E-state index in [0.717, 1.165) is 33.4 Å². The quantitative estimate of drug-likeness (QED) is 0.0509. The summed E-state index contributed by atoms with van der Waals surface area (Å²) in [7, 11) is 4.78. The third kappa shape index (κ3) is 16.3. The van der Waals surface area contributed by atoms with E-state index < -0.39 is 36.8 Å². The topological polar surface area (TPSA) is 248 Å². The zero-order valence-electron chi connectivity index (χ0n) is 63.4. The van der Waals surface area contributed by atoms with Crippen LogP contribution in [0.3, 0.4) is 0 Å². The van der Waals surface area contributed by atoms with Crippen LogP contribution in [0.1, 0.15) is 101 Å². The maximum Gasteiger partial charge on any atom is 0.335 e. The fourth-order valence-electron chi connectivity index (χ4n) is 14.6. The van der Waals surface area contributed by atoms with Gasteiger partial charge in [-0.25, -0.2) is 42.5 Å². The smallest absolute Gasteiger partial charge is 0.335 e. The minimum atomic E-state index is -1.02. The van der Waals surface area contributed by atoms with Gasteiger partial charge in [-0.3, -0.25) is 0 Å². The van der Waals surface area contributed by atoms with E-state index in [1.165, 1.54) is 36.4 Å². The van der Waals surface area contributed by atoms with Gasteiger partial charge in [-0.1, -0.05) is 164 Å². The zero-order chi connectivity index (χ0) is 80.8. The Labute approximate surface area is 668 Å². The van der Waals surface area contributed by atoms with Gasteiger partial charge in [0.2, 0.25) is 0 Å². The Hall–Kier alpha value is -14.1. The molecule has 117 heavy (non-hydrogen) atoms. The number of hydrogen-bond acceptors (Lipinski definition) is 15. The molecule has 3 aliphatic rings. The fraction of sp³-hybridized carbons (Fsp3) is 0.161. The number of benzene rings is 12. The number of ether oxygens (including phenoxy) is 9. The summed E-state index contributed by atoms with van der Waals surface area (Å²) in [4.78, 5) is 48.5. The van der Waals surface area contributed by atoms with Crippen molar-refractivity contribution in [1.29, 1.82) is 0 Å². The lowest BCUT2D eigenvalue weighted by Crippen LogP contribution is -2.10. The van der Waals surface area contributed by atoms with Crippen molar-refractivity contribution in [1.82, 2.24) is 28.7 Å². The molecule has 0 saturated heterocycles. The lowest BCUT2D eigenvalue weighted by Gasteiger charge is -2.12. The first-order chi connectivity index (χ1) is 57.0. The normalized spacial score (nSPS) is 14.2. The number of fused-ring (bicyclic) bond motifs is 6. The molecule has 0 saturated carbocycles. The van der Waals surface area contributed by atoms with Crippen molar-refractivity contribution < 1.29 is 85.5 Å². The monoisotopic (exact) mass is 1570 g/mol. The first kappa shape index (κ1) is 76.9. The van der Waals surface area contributed by atoms with Gasteiger partial charge < -0.3 is 71.7 Å². The number of rotatable bonds is 24. The Bertz CT molecular complexity index is 5640. The number of nitrogens with zero attached hydrogens (tertiary/aromatic N) is 6. The largest absolute Gasteiger partial charge is 0.478 e. The minimum Gasteiger partial charge on any atom is -0.478 e. The van der Waals surface area contributed by atoms with E-state index in [9.17, 15) is 29.7 Å². The molecule has 0 aliphatic carbocycles. The predicted octanol–water partition coefficient (Wildman–Crippen LogP) is 18.7. The molecule has 3 aliphatic heterocycles. The lowest BCUT2D eigenvalue weighted by molar-refractivity contribution is 0.0487. The first-order valence-electron chi connectivity index (χ1n) is 37.6. The fourth-order valence-corrected chi connectivity index (χ4v) is 14.6. The van der Waals surface area contributed by atoms with E-state index in [2.05, 4.69) is 15.0 Å². The van der Waals surface area contributed by atoms with Crippen molar-refractivity contribution in [2.75, 3.05) is 41.2 Å². The van der Waals surface area contributed by atoms with Crippen molar-refractivity contribution in [3.05, 3.63) is 340 Å². The van der Waals surface area contributed by atoms with E-state index in [0.29, 0.717) is 158 Å². The molecule has 3 aromatic heterocycles. The molecule has 15 aromatic rings. The summed E-state index contributed by atoms with van der Waals surface area (Å²) in [6, 6.07) is 75.4. The maximum atomic E-state index is 15.5. The van der Waals surface area contributed by atoms with Crippen molar-refractivity contribution in [2.24, 2.45) is 0 Å². The van der Waals surface area contributed by atoms with Crippen molar-refractivity contribution in [3.8, 4) is 67.9 Å². The molecule has 0 radical (unpaired) electrons. The van der Waals surface area contributed by atoms with Crippen LogP contribution in [0.25, 0.3) is 66.5 Å². The van der Waals surface area contributed by atoms with Crippen LogP contribution in [-0.4, -0.2) is 103 Å². The van der Waals surface area contributed by atoms with Crippen LogP contribution in [0.4, 0.5) is 13.2 Å². The van der Waals surface area contributed by atoms with Crippen LogP contribution >= 0.6 is 0 Å². The van der Waals surface area contributed by atoms with E-state index in [1.54, 1.807) is 75.9 Å². The van der Waals surface area contributed by atoms with Gasteiger partial charge in [0.15, 0.2) is 34.5 Å². The van der Waals surface area contributed by atoms with Gasteiger partial charge in [-0.05, 0) is 124 Å². The molecular weight excluding hydrogens is 1500 g/mol. The minimum absolute atomic E-state index is 0.166. The van der Waals surface area contributed by atoms with Gasteiger partial charge in [-0.2, -0.15) is 0 Å². The summed E-state index contributed by atoms with van der Waals surface area (Å²) < 4.78 is 104. The molecule has 3 atom stereocenters. The highest BCUT2D eigenvalue weighted by atomic mass is 19.1. The molecular formula is C93H75F3N6O15. The summed E-state index contributed by atoms with van der Waals surface area (Å²) in [5.41, 5.74) is 12.8. The standard InChI is InChI=1S/3C31H25FN2O5/c3*1-37-15-14-34-26-17-22(30(35)36)12-13-25(26)33-28(34)18-21-11-10-20(16-24(21)32)23-8-5-9-27-29(23)39-31(38-27)19-6-3-2-4-7-19/h3*2-13,16-17,31H,14-15,18H2,1H3,(H,35,36). The van der Waals surface area contributed by atoms with Gasteiger partial charge in [-0.15, -0.1) is 0 Å². The highest BCUT2D eigenvalue weighted by molar-refractivity contribution is 5.94. The SMILES string of the molecule is COCCn1c(Cc2ccc(-c3cccc4c3OC(c3ccccc3)O4)cc2F)nc2ccc(C(=O)O)cc21.COCCn1c(Cc2ccc(-c3cccc4c3OC(c3ccccc3)O4)cc2F)nc2ccc(C(=O)O)cc21.COCCn1c(Cc2ccc(-c3cccc4c3OC(c3ccccc3)O4)cc2F)nc2ccc(C(=O)O)cc21. The first-order valence-corrected chi connectivity index (χ1v) is 37.6. The van der Waals surface area contributed by atoms with E-state index in [-0.39, 0.29) is 53.4 Å². The molecule has 0 fully saturated rings. The van der Waals surface area contributed by atoms with Crippen LogP contribution in [-0.2, 0) is 53.1 Å². The number of para-hydroxylation sites is 3. The Morgan fingerprint density at radius 3 is 0.880 bits per heavy atom. The third-order valence-corrected chi connectivity index (χ3v) is 20.4. The van der Waals surface area contributed by atoms with E-state index >= 15 is 13.2 Å². The number of carboxylic acids is 3. The summed E-state index contributed by atoms with van der Waals surface area (Å²) in [5, 5.41) is 28.3. The zero-order valence-corrected chi connectivity index (χ0v) is 63.4. The molecule has 588 valence electrons. The number of halogens is 3. The van der Waals surface area contributed by atoms with Crippen molar-refractivity contribution in [2.45, 2.75) is 57.8 Å². The van der Waals surface area contributed by atoms with Gasteiger partial charge in [0, 0.05) is 93.6 Å². The molecule has 24 heteroatoms. The average Bonchev–Trinajstić information content (AvgIpc) is 1.70. The van der Waals surface area contributed by atoms with Crippen molar-refractivity contribution in [3.63, 3.8) is 0 Å². The number of aromatic nitrogens is 6. The molecule has 21 nitrogen and oxygen atoms in total. The number of aromatic carboxylic acids is 3. The number of imidazole rings is 3. The van der Waals surface area contributed by atoms with Gasteiger partial charge >= 0.3 is 17.9 Å². The summed E-state index contributed by atoms with van der Waals surface area (Å²) in [5.74, 6) is 1.26. The second kappa shape index (κ2) is 33.9. The molecule has 0 bridgehead atoms. The second-order valence-electron chi connectivity index (χ2n) is 27.8. The summed E-state index contributed by atoms with van der Waals surface area (Å²) in [6.45, 7) is 2.59. The lowest BCUT2D eigenvalue weighted by atomic mass is 10.0. The molecule has 12 aromatic carbocycles. The Morgan fingerprint density at radius 2 is 0.624 bits per heavy atom. The number of carbonyl (C=O) groups is 3. The molecule has 6 heterocycles. The van der Waals surface area contributed by atoms with Crippen LogP contribution < -0.4 is 28.4 Å². The molecule has 18 rings (SSSR count). The number of carboxylic acid groups (broad SMARTS) is 3. The third-order valence-electron chi connectivity index (χ3n) is 20.4. The van der Waals surface area contributed by atoms with Crippen LogP contribution in [0.15, 0.2) is 255 Å². The average molecular weight is 1570 g/mol. The number of methoxy groups -OCH3 is 3. The van der Waals surface area contributed by atoms with Gasteiger partial charge in [0.25, 0.3) is 18.9 Å². The van der Waals surface area contributed by atoms with Crippen LogP contribution in [0, 0.1) is 17.5 Å². The molecule has 0 amide bonds. The Morgan fingerprint density at radius 1 is 0.342 bits per heavy atom. The van der Waals surface area contributed by atoms with E-state index in [4.69, 9.17) is 42.6 Å². The summed E-state index contributed by atoms with van der Waals surface area (Å²) >= 11 is 0. The molecule has 3 N–H and O–H groups in total. The highest BCUT2D eigenvalue weighted by Gasteiger charge is 2.33. The molecule has 0 spiro atoms. The highest BCUT2D eigenvalue weighted by Crippen LogP contribution is 2.50. The second-order valence-corrected chi connectivity index (χ2v) is 27.8. The Balaban J connectivity index is 0.000000131. The van der Waals surface area contributed by atoms with E-state index in [1.807, 2.05) is 177 Å². The van der Waals surface area contributed by atoms with Gasteiger partial charge in [0.05, 0.1) is 69.6 Å². The maximum absolute atomic E-state index is 15.5. The predicted molar refractivity (Wildman–Crippen MR) is 431 cm³/mol. The van der Waals surface area contributed by atoms with Gasteiger partial charge in [0.1, 0.15) is 34.9 Å². The summed E-state index contributed by atoms with van der Waals surface area (Å²) in [6.07, 6.45) is -0.991. The van der Waals surface area contributed by atoms with Crippen LogP contribution in [0.5, 0.6) is 34.5 Å². The Kier molecular flexibility index (Phi) is 22.3. The van der Waals surface area contributed by atoms with Crippen LogP contribution in [0.2, 0.25) is 0 Å². The number of hydrogen-bond donors (Lipinski definition) is 3. The van der Waals surface area contributed by atoms with Crippen molar-refractivity contribution >= 4 is 51.0 Å².